The lowest BCUT2D eigenvalue weighted by atomic mass is 9.86. The smallest absolute Gasteiger partial charge is 0.372 e. The molecule has 2 aliphatic heterocycles. The SMILES string of the molecule is CC1=CC2C(N3CCN(SSS)CC3)=CC(C(F)(F)F)=NC2C=C1. The van der Waals surface area contributed by atoms with Gasteiger partial charge in [-0.2, -0.15) is 13.2 Å². The van der Waals surface area contributed by atoms with Crippen LogP contribution in [0, 0.1) is 5.92 Å². The third kappa shape index (κ3) is 4.00. The lowest BCUT2D eigenvalue weighted by Gasteiger charge is -2.41. The Morgan fingerprint density at radius 2 is 1.96 bits per heavy atom. The van der Waals surface area contributed by atoms with Crippen LogP contribution >= 0.6 is 32.5 Å². The number of allylic oxidation sites excluding steroid dienone is 3. The highest BCUT2D eigenvalue weighted by Gasteiger charge is 2.41. The Hall–Kier alpha value is -0.510. The van der Waals surface area contributed by atoms with Crippen LogP contribution in [0.2, 0.25) is 0 Å². The number of fused-ring (bicyclic) bond motifs is 1. The zero-order valence-electron chi connectivity index (χ0n) is 13.0. The third-order valence-electron chi connectivity index (χ3n) is 4.31. The number of hydrogen-bond donors (Lipinski definition) is 1. The van der Waals surface area contributed by atoms with E-state index in [2.05, 4.69) is 25.9 Å². The van der Waals surface area contributed by atoms with Crippen molar-refractivity contribution < 1.29 is 13.2 Å². The zero-order chi connectivity index (χ0) is 17.3. The summed E-state index contributed by atoms with van der Waals surface area (Å²) in [5.41, 5.74) is 1.02. The zero-order valence-corrected chi connectivity index (χ0v) is 15.6. The van der Waals surface area contributed by atoms with E-state index in [0.29, 0.717) is 13.1 Å². The summed E-state index contributed by atoms with van der Waals surface area (Å²) in [4.78, 5) is 6.00. The van der Waals surface area contributed by atoms with Crippen LogP contribution in [0.3, 0.4) is 0 Å². The van der Waals surface area contributed by atoms with Crippen molar-refractivity contribution in [3.05, 3.63) is 35.6 Å². The van der Waals surface area contributed by atoms with E-state index in [9.17, 15) is 13.2 Å². The molecule has 2 unspecified atom stereocenters. The van der Waals surface area contributed by atoms with Gasteiger partial charge in [0.25, 0.3) is 0 Å². The molecule has 0 aromatic heterocycles. The van der Waals surface area contributed by atoms with Gasteiger partial charge in [0.1, 0.15) is 5.71 Å². The Kier molecular flexibility index (Phi) is 5.63. The highest BCUT2D eigenvalue weighted by atomic mass is 33.5. The minimum Gasteiger partial charge on any atom is -0.372 e. The molecule has 3 nitrogen and oxygen atoms in total. The van der Waals surface area contributed by atoms with E-state index in [1.165, 1.54) is 15.9 Å². The topological polar surface area (TPSA) is 18.8 Å². The summed E-state index contributed by atoms with van der Waals surface area (Å²) >= 11 is 4.13. The fourth-order valence-electron chi connectivity index (χ4n) is 3.15. The van der Waals surface area contributed by atoms with Gasteiger partial charge in [-0.3, -0.25) is 4.99 Å². The quantitative estimate of drug-likeness (QED) is 0.441. The summed E-state index contributed by atoms with van der Waals surface area (Å²) in [6, 6.07) is -0.467. The van der Waals surface area contributed by atoms with Crippen molar-refractivity contribution in [1.29, 1.82) is 0 Å². The van der Waals surface area contributed by atoms with E-state index in [-0.39, 0.29) is 5.92 Å². The molecular formula is C15H18F3N3S3. The second-order valence-corrected chi connectivity index (χ2v) is 8.98. The van der Waals surface area contributed by atoms with Gasteiger partial charge in [0.05, 0.1) is 6.04 Å². The average Bonchev–Trinajstić information content (AvgIpc) is 2.54. The van der Waals surface area contributed by atoms with Gasteiger partial charge in [-0.25, -0.2) is 4.31 Å². The van der Waals surface area contributed by atoms with E-state index < -0.39 is 17.9 Å². The van der Waals surface area contributed by atoms with Crippen molar-refractivity contribution in [2.75, 3.05) is 26.2 Å². The molecule has 0 bridgehead atoms. The van der Waals surface area contributed by atoms with Gasteiger partial charge >= 0.3 is 6.18 Å². The molecule has 2 atom stereocenters. The number of rotatable bonds is 3. The first-order valence-corrected chi connectivity index (χ1v) is 10.8. The molecule has 1 fully saturated rings. The number of alkyl halides is 3. The molecule has 0 spiro atoms. The number of halogens is 3. The normalized spacial score (nSPS) is 28.2. The summed E-state index contributed by atoms with van der Waals surface area (Å²) in [6.07, 6.45) is 2.47. The molecule has 0 amide bonds. The van der Waals surface area contributed by atoms with Gasteiger partial charge in [-0.05, 0) is 22.8 Å². The van der Waals surface area contributed by atoms with Gasteiger partial charge in [0.15, 0.2) is 0 Å². The first kappa shape index (κ1) is 18.3. The molecule has 3 aliphatic rings. The Morgan fingerprint density at radius 1 is 1.25 bits per heavy atom. The summed E-state index contributed by atoms with van der Waals surface area (Å²) in [5, 5.41) is 0. The van der Waals surface area contributed by atoms with Crippen molar-refractivity contribution in [2.45, 2.75) is 19.1 Å². The molecule has 24 heavy (non-hydrogen) atoms. The molecule has 0 aromatic carbocycles. The number of hydrogen-bond acceptors (Lipinski definition) is 6. The second kappa shape index (κ2) is 7.39. The second-order valence-electron chi connectivity index (χ2n) is 5.93. The van der Waals surface area contributed by atoms with Crippen molar-refractivity contribution >= 4 is 38.2 Å². The van der Waals surface area contributed by atoms with Gasteiger partial charge < -0.3 is 4.90 Å². The molecule has 0 radical (unpaired) electrons. The van der Waals surface area contributed by atoms with Crippen LogP contribution in [-0.2, 0) is 0 Å². The molecular weight excluding hydrogens is 375 g/mol. The largest absolute Gasteiger partial charge is 0.432 e. The van der Waals surface area contributed by atoms with Gasteiger partial charge in [-0.1, -0.05) is 35.5 Å². The molecule has 2 heterocycles. The first-order chi connectivity index (χ1) is 11.4. The van der Waals surface area contributed by atoms with Crippen LogP contribution < -0.4 is 0 Å². The molecule has 9 heteroatoms. The number of thiol groups is 1. The van der Waals surface area contributed by atoms with Crippen LogP contribution in [-0.4, -0.2) is 53.3 Å². The molecule has 0 saturated carbocycles. The maximum atomic E-state index is 13.2. The van der Waals surface area contributed by atoms with Crippen LogP contribution in [0.1, 0.15) is 6.92 Å². The number of piperazine rings is 1. The van der Waals surface area contributed by atoms with Gasteiger partial charge in [0, 0.05) is 48.8 Å². The fraction of sp³-hybridized carbons (Fsp3) is 0.533. The van der Waals surface area contributed by atoms with Crippen molar-refractivity contribution in [2.24, 2.45) is 10.9 Å². The third-order valence-corrected chi connectivity index (χ3v) is 6.39. The predicted octanol–water partition coefficient (Wildman–Crippen LogP) is 4.15. The Labute approximate surface area is 152 Å². The molecule has 132 valence electrons. The number of aliphatic imine (C=N–C) groups is 1. The summed E-state index contributed by atoms with van der Waals surface area (Å²) in [5.74, 6) is -0.112. The minimum atomic E-state index is -4.42. The van der Waals surface area contributed by atoms with Gasteiger partial charge in [-0.15, -0.1) is 0 Å². The molecule has 3 rings (SSSR count). The maximum absolute atomic E-state index is 13.2. The predicted molar refractivity (Wildman–Crippen MR) is 99.1 cm³/mol. The van der Waals surface area contributed by atoms with E-state index in [1.54, 1.807) is 17.1 Å². The van der Waals surface area contributed by atoms with Crippen LogP contribution in [0.25, 0.3) is 0 Å². The summed E-state index contributed by atoms with van der Waals surface area (Å²) in [6.45, 7) is 4.97. The molecule has 0 N–H and O–H groups in total. The van der Waals surface area contributed by atoms with Crippen LogP contribution in [0.15, 0.2) is 40.6 Å². The molecule has 1 aliphatic carbocycles. The Morgan fingerprint density at radius 3 is 2.58 bits per heavy atom. The standard InChI is InChI=1S/C15H18F3N3S3/c1-10-2-3-12-11(8-10)13(9-14(19-12)15(16,17)18)20-4-6-21(7-5-20)23-24-22/h2-3,8-9,11-12,22H,4-7H2,1H3. The highest BCUT2D eigenvalue weighted by Crippen LogP contribution is 2.36. The lowest BCUT2D eigenvalue weighted by Crippen LogP contribution is -2.46. The lowest BCUT2D eigenvalue weighted by molar-refractivity contribution is -0.0584. The summed E-state index contributed by atoms with van der Waals surface area (Å²) < 4.78 is 41.8. The van der Waals surface area contributed by atoms with E-state index in [0.717, 1.165) is 24.4 Å². The first-order valence-electron chi connectivity index (χ1n) is 7.60. The Bertz CT molecular complexity index is 605. The van der Waals surface area contributed by atoms with Crippen molar-refractivity contribution in [1.82, 2.24) is 9.21 Å². The van der Waals surface area contributed by atoms with E-state index in [4.69, 9.17) is 0 Å². The van der Waals surface area contributed by atoms with E-state index in [1.807, 2.05) is 19.1 Å². The van der Waals surface area contributed by atoms with E-state index >= 15 is 0 Å². The highest BCUT2D eigenvalue weighted by molar-refractivity contribution is 9.04. The number of dihydropyridines is 1. The molecule has 0 aromatic rings. The van der Waals surface area contributed by atoms with Crippen molar-refractivity contribution in [3.8, 4) is 0 Å². The average molecular weight is 394 g/mol. The fourth-order valence-corrected chi connectivity index (χ4v) is 5.14. The van der Waals surface area contributed by atoms with Crippen LogP contribution in [0.5, 0.6) is 0 Å². The Balaban J connectivity index is 1.85. The number of nitrogens with zero attached hydrogens (tertiary/aromatic N) is 3. The van der Waals surface area contributed by atoms with Crippen molar-refractivity contribution in [3.63, 3.8) is 0 Å². The minimum absolute atomic E-state index is 0.112. The van der Waals surface area contributed by atoms with Crippen LogP contribution in [0.4, 0.5) is 13.2 Å². The monoisotopic (exact) mass is 393 g/mol. The van der Waals surface area contributed by atoms with Gasteiger partial charge in [0.2, 0.25) is 0 Å². The summed E-state index contributed by atoms with van der Waals surface area (Å²) in [7, 11) is 2.95. The molecule has 1 saturated heterocycles. The maximum Gasteiger partial charge on any atom is 0.432 e.